The van der Waals surface area contributed by atoms with Crippen molar-refractivity contribution in [2.24, 2.45) is 5.73 Å². The molecule has 1 fully saturated rings. The molecule has 17 heavy (non-hydrogen) atoms. The van der Waals surface area contributed by atoms with E-state index in [1.54, 1.807) is 29.3 Å². The molecule has 0 aliphatic carbocycles. The van der Waals surface area contributed by atoms with Crippen LogP contribution in [0.5, 0.6) is 5.75 Å². The van der Waals surface area contributed by atoms with Crippen molar-refractivity contribution in [2.45, 2.75) is 12.8 Å². The van der Waals surface area contributed by atoms with E-state index in [0.29, 0.717) is 19.5 Å². The number of phenols is 1. The molecule has 0 bridgehead atoms. The quantitative estimate of drug-likeness (QED) is 0.809. The molecule has 1 aromatic rings. The van der Waals surface area contributed by atoms with E-state index in [1.807, 2.05) is 5.01 Å². The molecule has 1 saturated heterocycles. The highest BCUT2D eigenvalue weighted by Gasteiger charge is 2.25. The van der Waals surface area contributed by atoms with Crippen LogP contribution >= 0.6 is 0 Å². The van der Waals surface area contributed by atoms with Gasteiger partial charge >= 0.3 is 0 Å². The van der Waals surface area contributed by atoms with Crippen LogP contribution in [-0.4, -0.2) is 35.7 Å². The van der Waals surface area contributed by atoms with E-state index in [0.717, 1.165) is 18.7 Å². The summed E-state index contributed by atoms with van der Waals surface area (Å²) in [6, 6.07) is 6.85. The van der Waals surface area contributed by atoms with E-state index >= 15 is 0 Å². The molecular weight excluding hydrogens is 218 g/mol. The maximum absolute atomic E-state index is 11.8. The average molecular weight is 235 g/mol. The Kier molecular flexibility index (Phi) is 3.49. The first-order valence-corrected chi connectivity index (χ1v) is 5.79. The van der Waals surface area contributed by atoms with Gasteiger partial charge in [-0.25, -0.2) is 0 Å². The van der Waals surface area contributed by atoms with Gasteiger partial charge in [0.05, 0.1) is 12.2 Å². The Hall–Kier alpha value is -1.75. The van der Waals surface area contributed by atoms with Crippen LogP contribution < -0.4 is 10.7 Å². The molecule has 0 unspecified atom stereocenters. The maximum atomic E-state index is 11.8. The molecule has 1 amide bonds. The zero-order valence-corrected chi connectivity index (χ0v) is 9.67. The van der Waals surface area contributed by atoms with E-state index in [-0.39, 0.29) is 11.7 Å². The Labute approximate surface area is 100 Å². The van der Waals surface area contributed by atoms with Crippen molar-refractivity contribution in [3.63, 3.8) is 0 Å². The standard InChI is InChI=1S/C12H17N3O2/c13-7-9-15-12(17)2-1-8-14(15)10-3-5-11(16)6-4-10/h3-6,16H,1-2,7-9,13H2. The number of carbonyl (C=O) groups excluding carboxylic acids is 1. The zero-order valence-electron chi connectivity index (χ0n) is 9.67. The smallest absolute Gasteiger partial charge is 0.241 e. The van der Waals surface area contributed by atoms with Crippen LogP contribution in [0, 0.1) is 0 Å². The summed E-state index contributed by atoms with van der Waals surface area (Å²) in [5, 5.41) is 12.9. The molecular formula is C12H17N3O2. The average Bonchev–Trinajstić information content (AvgIpc) is 2.33. The fourth-order valence-corrected chi connectivity index (χ4v) is 2.03. The molecule has 0 radical (unpaired) electrons. The highest BCUT2D eigenvalue weighted by Crippen LogP contribution is 2.23. The molecule has 0 atom stereocenters. The molecule has 1 aliphatic heterocycles. The van der Waals surface area contributed by atoms with Crippen molar-refractivity contribution in [2.75, 3.05) is 24.6 Å². The van der Waals surface area contributed by atoms with Gasteiger partial charge in [0.15, 0.2) is 0 Å². The third kappa shape index (κ3) is 2.50. The van der Waals surface area contributed by atoms with E-state index in [1.165, 1.54) is 0 Å². The Morgan fingerprint density at radius 1 is 1.29 bits per heavy atom. The number of carbonyl (C=O) groups is 1. The number of nitrogens with two attached hydrogens (primary N) is 1. The number of anilines is 1. The van der Waals surface area contributed by atoms with Gasteiger partial charge in [0, 0.05) is 19.5 Å². The van der Waals surface area contributed by atoms with Crippen LogP contribution in [0.4, 0.5) is 5.69 Å². The predicted molar refractivity (Wildman–Crippen MR) is 65.5 cm³/mol. The number of amides is 1. The van der Waals surface area contributed by atoms with E-state index in [4.69, 9.17) is 5.73 Å². The lowest BCUT2D eigenvalue weighted by Crippen LogP contribution is -2.52. The zero-order chi connectivity index (χ0) is 12.3. The summed E-state index contributed by atoms with van der Waals surface area (Å²) in [5.74, 6) is 0.331. The summed E-state index contributed by atoms with van der Waals surface area (Å²) in [6.45, 7) is 1.77. The number of hydrazine groups is 1. The lowest BCUT2D eigenvalue weighted by Gasteiger charge is -2.39. The third-order valence-corrected chi connectivity index (χ3v) is 2.83. The number of phenolic OH excluding ortho intramolecular Hbond substituents is 1. The lowest BCUT2D eigenvalue weighted by atomic mass is 10.2. The van der Waals surface area contributed by atoms with Crippen molar-refractivity contribution >= 4 is 11.6 Å². The molecule has 3 N–H and O–H groups in total. The van der Waals surface area contributed by atoms with Crippen molar-refractivity contribution in [3.05, 3.63) is 24.3 Å². The van der Waals surface area contributed by atoms with Crippen molar-refractivity contribution in [3.8, 4) is 5.75 Å². The van der Waals surface area contributed by atoms with E-state index in [9.17, 15) is 9.90 Å². The SMILES string of the molecule is NCCN1C(=O)CCCN1c1ccc(O)cc1. The van der Waals surface area contributed by atoms with Crippen LogP contribution in [0.2, 0.25) is 0 Å². The summed E-state index contributed by atoms with van der Waals surface area (Å²) in [5.41, 5.74) is 6.43. The van der Waals surface area contributed by atoms with Gasteiger partial charge in [-0.3, -0.25) is 14.8 Å². The number of benzene rings is 1. The van der Waals surface area contributed by atoms with Gasteiger partial charge in [-0.2, -0.15) is 0 Å². The van der Waals surface area contributed by atoms with Crippen LogP contribution in [0.25, 0.3) is 0 Å². The molecule has 1 aromatic carbocycles. The highest BCUT2D eigenvalue weighted by molar-refractivity contribution is 5.79. The van der Waals surface area contributed by atoms with Crippen molar-refractivity contribution < 1.29 is 9.90 Å². The summed E-state index contributed by atoms with van der Waals surface area (Å²) in [7, 11) is 0. The summed E-state index contributed by atoms with van der Waals surface area (Å²) < 4.78 is 0. The number of rotatable bonds is 3. The second-order valence-electron chi connectivity index (χ2n) is 4.05. The van der Waals surface area contributed by atoms with Crippen molar-refractivity contribution in [1.82, 2.24) is 5.01 Å². The van der Waals surface area contributed by atoms with Gasteiger partial charge in [0.1, 0.15) is 5.75 Å². The second-order valence-corrected chi connectivity index (χ2v) is 4.05. The fraction of sp³-hybridized carbons (Fsp3) is 0.417. The van der Waals surface area contributed by atoms with Crippen LogP contribution in [0.15, 0.2) is 24.3 Å². The summed E-state index contributed by atoms with van der Waals surface area (Å²) in [4.78, 5) is 11.8. The summed E-state index contributed by atoms with van der Waals surface area (Å²) in [6.07, 6.45) is 1.43. The Bertz CT molecular complexity index is 391. The molecule has 1 aliphatic rings. The molecule has 2 rings (SSSR count). The minimum Gasteiger partial charge on any atom is -0.508 e. The molecule has 92 valence electrons. The van der Waals surface area contributed by atoms with Crippen LogP contribution in [-0.2, 0) is 4.79 Å². The minimum absolute atomic E-state index is 0.106. The lowest BCUT2D eigenvalue weighted by molar-refractivity contribution is -0.133. The van der Waals surface area contributed by atoms with Gasteiger partial charge in [0.2, 0.25) is 5.91 Å². The predicted octanol–water partition coefficient (Wildman–Crippen LogP) is 0.695. The maximum Gasteiger partial charge on any atom is 0.241 e. The second kappa shape index (κ2) is 5.05. The number of nitrogens with zero attached hydrogens (tertiary/aromatic N) is 2. The summed E-state index contributed by atoms with van der Waals surface area (Å²) >= 11 is 0. The first kappa shape index (κ1) is 11.7. The first-order valence-electron chi connectivity index (χ1n) is 5.79. The highest BCUT2D eigenvalue weighted by atomic mass is 16.3. The van der Waals surface area contributed by atoms with E-state index < -0.39 is 0 Å². The normalized spacial score (nSPS) is 16.4. The van der Waals surface area contributed by atoms with Crippen LogP contribution in [0.3, 0.4) is 0 Å². The number of hydrogen-bond donors (Lipinski definition) is 2. The molecule has 5 heteroatoms. The van der Waals surface area contributed by atoms with Crippen molar-refractivity contribution in [1.29, 1.82) is 0 Å². The first-order chi connectivity index (χ1) is 8.22. The Morgan fingerprint density at radius 2 is 2.00 bits per heavy atom. The van der Waals surface area contributed by atoms with Gasteiger partial charge in [0.25, 0.3) is 0 Å². The monoisotopic (exact) mass is 235 g/mol. The minimum atomic E-state index is 0.106. The topological polar surface area (TPSA) is 69.8 Å². The van der Waals surface area contributed by atoms with Crippen LogP contribution in [0.1, 0.15) is 12.8 Å². The third-order valence-electron chi connectivity index (χ3n) is 2.83. The molecule has 0 aromatic heterocycles. The van der Waals surface area contributed by atoms with Gasteiger partial charge in [-0.15, -0.1) is 0 Å². The molecule has 0 spiro atoms. The molecule has 1 heterocycles. The van der Waals surface area contributed by atoms with E-state index in [2.05, 4.69) is 0 Å². The Morgan fingerprint density at radius 3 is 2.65 bits per heavy atom. The largest absolute Gasteiger partial charge is 0.508 e. The fourth-order valence-electron chi connectivity index (χ4n) is 2.03. The molecule has 5 nitrogen and oxygen atoms in total. The van der Waals surface area contributed by atoms with Gasteiger partial charge < -0.3 is 10.8 Å². The molecule has 0 saturated carbocycles. The number of aromatic hydroxyl groups is 1. The Balaban J connectivity index is 2.21. The van der Waals surface area contributed by atoms with Gasteiger partial charge in [-0.1, -0.05) is 0 Å². The van der Waals surface area contributed by atoms with Gasteiger partial charge in [-0.05, 0) is 30.7 Å². The number of hydrogen-bond acceptors (Lipinski definition) is 4.